The highest BCUT2D eigenvalue weighted by molar-refractivity contribution is 7.78. The SMILES string of the molecule is CC(C)(C)OC(=O)CNCCNCCN=C=S. The first kappa shape index (κ1) is 16.2. The summed E-state index contributed by atoms with van der Waals surface area (Å²) in [5, 5.41) is 8.44. The number of hydrogen-bond donors (Lipinski definition) is 2. The lowest BCUT2D eigenvalue weighted by atomic mass is 10.2. The first-order valence-corrected chi connectivity index (χ1v) is 6.03. The molecule has 0 aliphatic carbocycles. The molecule has 0 fully saturated rings. The first-order chi connectivity index (χ1) is 7.95. The molecule has 0 spiro atoms. The smallest absolute Gasteiger partial charge is 0.320 e. The van der Waals surface area contributed by atoms with Gasteiger partial charge in [-0.05, 0) is 33.0 Å². The number of aliphatic imine (C=N–C) groups is 1. The maximum Gasteiger partial charge on any atom is 0.320 e. The minimum Gasteiger partial charge on any atom is -0.459 e. The molecule has 5 nitrogen and oxygen atoms in total. The van der Waals surface area contributed by atoms with Gasteiger partial charge >= 0.3 is 5.97 Å². The number of carbonyl (C=O) groups is 1. The van der Waals surface area contributed by atoms with Crippen LogP contribution < -0.4 is 10.6 Å². The van der Waals surface area contributed by atoms with Gasteiger partial charge in [-0.2, -0.15) is 0 Å². The number of isothiocyanates is 1. The van der Waals surface area contributed by atoms with Crippen LogP contribution in [0.25, 0.3) is 0 Å². The summed E-state index contributed by atoms with van der Waals surface area (Å²) in [5.41, 5.74) is -0.421. The van der Waals surface area contributed by atoms with E-state index in [2.05, 4.69) is 33.0 Å². The predicted octanol–water partition coefficient (Wildman–Crippen LogP) is 0.610. The number of ether oxygens (including phenoxy) is 1. The van der Waals surface area contributed by atoms with Crippen molar-refractivity contribution in [2.24, 2.45) is 4.99 Å². The predicted molar refractivity (Wildman–Crippen MR) is 71.5 cm³/mol. The van der Waals surface area contributed by atoms with E-state index in [1.165, 1.54) is 0 Å². The van der Waals surface area contributed by atoms with Gasteiger partial charge in [0.1, 0.15) is 5.60 Å². The second kappa shape index (κ2) is 9.24. The maximum atomic E-state index is 11.3. The van der Waals surface area contributed by atoms with E-state index in [9.17, 15) is 4.79 Å². The molecule has 0 aliphatic heterocycles. The molecule has 0 saturated carbocycles. The van der Waals surface area contributed by atoms with Crippen LogP contribution in [-0.2, 0) is 9.53 Å². The Morgan fingerprint density at radius 2 is 1.94 bits per heavy atom. The third-order valence-electron chi connectivity index (χ3n) is 1.63. The number of rotatable bonds is 8. The van der Waals surface area contributed by atoms with Gasteiger partial charge in [-0.3, -0.25) is 4.79 Å². The van der Waals surface area contributed by atoms with E-state index in [0.717, 1.165) is 13.1 Å². The van der Waals surface area contributed by atoms with Crippen LogP contribution >= 0.6 is 12.2 Å². The fourth-order valence-electron chi connectivity index (χ4n) is 1.05. The Morgan fingerprint density at radius 1 is 1.29 bits per heavy atom. The Kier molecular flexibility index (Phi) is 8.80. The fourth-order valence-corrected chi connectivity index (χ4v) is 1.14. The van der Waals surface area contributed by atoms with Gasteiger partial charge in [0.2, 0.25) is 0 Å². The van der Waals surface area contributed by atoms with Gasteiger partial charge in [-0.15, -0.1) is 0 Å². The number of nitrogens with one attached hydrogen (secondary N) is 2. The fraction of sp³-hybridized carbons (Fsp3) is 0.818. The number of hydrogen-bond acceptors (Lipinski definition) is 6. The molecule has 0 amide bonds. The lowest BCUT2D eigenvalue weighted by Crippen LogP contribution is -2.35. The van der Waals surface area contributed by atoms with Crippen LogP contribution in [0.1, 0.15) is 20.8 Å². The van der Waals surface area contributed by atoms with Crippen LogP contribution in [0.4, 0.5) is 0 Å². The van der Waals surface area contributed by atoms with Crippen LogP contribution in [-0.4, -0.2) is 49.5 Å². The van der Waals surface area contributed by atoms with E-state index in [-0.39, 0.29) is 12.5 Å². The van der Waals surface area contributed by atoms with Crippen molar-refractivity contribution < 1.29 is 9.53 Å². The molecule has 6 heteroatoms. The topological polar surface area (TPSA) is 62.7 Å². The average molecular weight is 259 g/mol. The zero-order valence-electron chi connectivity index (χ0n) is 10.7. The van der Waals surface area contributed by atoms with Crippen molar-refractivity contribution in [1.29, 1.82) is 0 Å². The first-order valence-electron chi connectivity index (χ1n) is 5.62. The molecule has 0 atom stereocenters. The molecule has 2 N–H and O–H groups in total. The largest absolute Gasteiger partial charge is 0.459 e. The molecule has 0 bridgehead atoms. The van der Waals surface area contributed by atoms with Gasteiger partial charge in [0.25, 0.3) is 0 Å². The van der Waals surface area contributed by atoms with Crippen molar-refractivity contribution >= 4 is 23.3 Å². The normalized spacial score (nSPS) is 10.8. The summed E-state index contributed by atoms with van der Waals surface area (Å²) in [4.78, 5) is 15.1. The summed E-state index contributed by atoms with van der Waals surface area (Å²) in [7, 11) is 0. The standard InChI is InChI=1S/C11H21N3O2S/c1-11(2,3)16-10(15)8-13-6-4-12-5-7-14-9-17/h12-13H,4-8H2,1-3H3. The van der Waals surface area contributed by atoms with Gasteiger partial charge in [-0.1, -0.05) is 0 Å². The van der Waals surface area contributed by atoms with Gasteiger partial charge in [0, 0.05) is 19.6 Å². The Bertz CT molecular complexity index is 270. The minimum absolute atomic E-state index is 0.233. The average Bonchev–Trinajstić information content (AvgIpc) is 2.19. The van der Waals surface area contributed by atoms with Gasteiger partial charge in [0.15, 0.2) is 0 Å². The summed E-state index contributed by atoms with van der Waals surface area (Å²) in [6.07, 6.45) is 0. The summed E-state index contributed by atoms with van der Waals surface area (Å²) in [5.74, 6) is -0.234. The summed E-state index contributed by atoms with van der Waals surface area (Å²) < 4.78 is 5.14. The molecule has 98 valence electrons. The van der Waals surface area contributed by atoms with Crippen molar-refractivity contribution in [2.45, 2.75) is 26.4 Å². The number of nitrogens with zero attached hydrogens (tertiary/aromatic N) is 1. The summed E-state index contributed by atoms with van der Waals surface area (Å²) >= 11 is 4.44. The lowest BCUT2D eigenvalue weighted by molar-refractivity contribution is -0.153. The van der Waals surface area contributed by atoms with E-state index in [0.29, 0.717) is 13.1 Å². The minimum atomic E-state index is -0.421. The van der Waals surface area contributed by atoms with Crippen LogP contribution in [0.15, 0.2) is 4.99 Å². The highest BCUT2D eigenvalue weighted by atomic mass is 32.1. The van der Waals surface area contributed by atoms with Crippen molar-refractivity contribution in [3.05, 3.63) is 0 Å². The number of esters is 1. The van der Waals surface area contributed by atoms with E-state index in [1.54, 1.807) is 0 Å². The van der Waals surface area contributed by atoms with Crippen molar-refractivity contribution in [3.63, 3.8) is 0 Å². The number of carbonyl (C=O) groups excluding carboxylic acids is 1. The van der Waals surface area contributed by atoms with Crippen LogP contribution in [0, 0.1) is 0 Å². The van der Waals surface area contributed by atoms with Crippen LogP contribution in [0.5, 0.6) is 0 Å². The third kappa shape index (κ3) is 13.1. The van der Waals surface area contributed by atoms with Gasteiger partial charge in [-0.25, -0.2) is 4.99 Å². The molecule has 0 aromatic carbocycles. The second-order valence-corrected chi connectivity index (χ2v) is 4.67. The molecule has 17 heavy (non-hydrogen) atoms. The van der Waals surface area contributed by atoms with E-state index >= 15 is 0 Å². The van der Waals surface area contributed by atoms with Crippen LogP contribution in [0.3, 0.4) is 0 Å². The van der Waals surface area contributed by atoms with Crippen molar-refractivity contribution in [2.75, 3.05) is 32.7 Å². The highest BCUT2D eigenvalue weighted by Crippen LogP contribution is 2.05. The van der Waals surface area contributed by atoms with E-state index < -0.39 is 5.60 Å². The van der Waals surface area contributed by atoms with Gasteiger partial charge in [0.05, 0.1) is 18.3 Å². The van der Waals surface area contributed by atoms with E-state index in [4.69, 9.17) is 4.74 Å². The zero-order valence-corrected chi connectivity index (χ0v) is 11.5. The highest BCUT2D eigenvalue weighted by Gasteiger charge is 2.15. The molecule has 0 radical (unpaired) electrons. The molecular formula is C11H21N3O2S. The molecular weight excluding hydrogens is 238 g/mol. The van der Waals surface area contributed by atoms with Crippen molar-refractivity contribution in [3.8, 4) is 0 Å². The monoisotopic (exact) mass is 259 g/mol. The quantitative estimate of drug-likeness (QED) is 0.289. The molecule has 0 saturated heterocycles. The summed E-state index contributed by atoms with van der Waals surface area (Å²) in [6.45, 7) is 8.66. The Morgan fingerprint density at radius 3 is 2.53 bits per heavy atom. The number of thiocarbonyl (C=S) groups is 1. The molecule has 0 aromatic heterocycles. The second-order valence-electron chi connectivity index (χ2n) is 4.49. The maximum absolute atomic E-state index is 11.3. The molecule has 0 aromatic rings. The Hall–Kier alpha value is -0.810. The van der Waals surface area contributed by atoms with E-state index in [1.807, 2.05) is 20.8 Å². The molecule has 0 aliphatic rings. The molecule has 0 unspecified atom stereocenters. The summed E-state index contributed by atoms with van der Waals surface area (Å²) in [6, 6.07) is 0. The lowest BCUT2D eigenvalue weighted by Gasteiger charge is -2.19. The Labute approximate surface area is 108 Å². The van der Waals surface area contributed by atoms with Crippen molar-refractivity contribution in [1.82, 2.24) is 10.6 Å². The Balaban J connectivity index is 3.34. The van der Waals surface area contributed by atoms with Gasteiger partial charge < -0.3 is 15.4 Å². The third-order valence-corrected chi connectivity index (χ3v) is 1.76. The van der Waals surface area contributed by atoms with Crippen LogP contribution in [0.2, 0.25) is 0 Å². The molecule has 0 heterocycles. The molecule has 0 rings (SSSR count). The zero-order chi connectivity index (χ0) is 13.1.